The number of amides is 2. The number of hydrogen-bond acceptors (Lipinski definition) is 6. The number of carbonyl (C=O) groups is 2. The van der Waals surface area contributed by atoms with Crippen molar-refractivity contribution in [3.05, 3.63) is 59.7 Å². The monoisotopic (exact) mass is 425 g/mol. The lowest BCUT2D eigenvalue weighted by Crippen LogP contribution is -2.52. The van der Waals surface area contributed by atoms with E-state index in [2.05, 4.69) is 52.4 Å². The van der Waals surface area contributed by atoms with Crippen molar-refractivity contribution in [3.8, 4) is 11.1 Å². The highest BCUT2D eigenvalue weighted by Crippen LogP contribution is 2.44. The molecule has 166 valence electrons. The van der Waals surface area contributed by atoms with Crippen LogP contribution in [0.15, 0.2) is 53.6 Å². The van der Waals surface area contributed by atoms with Crippen LogP contribution in [-0.2, 0) is 9.53 Å². The molecule has 0 radical (unpaired) electrons. The standard InChI is InChI=1S/C21H25N5O3.C2H6/c1-15(26(14-27)12-11-23-22-2)24-25-21(28)29-13-20-18-9-5-3-7-16(18)17-8-4-6-10-19(17)20;1-2/h3-10,14-15,20,23-24H,2,11-13H2,1H3,(H,25,28);1-2H3. The number of ether oxygens (including phenoxy) is 1. The summed E-state index contributed by atoms with van der Waals surface area (Å²) < 4.78 is 5.45. The summed E-state index contributed by atoms with van der Waals surface area (Å²) in [6, 6.07) is 16.3. The van der Waals surface area contributed by atoms with Crippen molar-refractivity contribution >= 4 is 19.2 Å². The van der Waals surface area contributed by atoms with E-state index in [0.717, 1.165) is 11.1 Å². The van der Waals surface area contributed by atoms with Gasteiger partial charge in [-0.2, -0.15) is 5.10 Å². The first kappa shape index (κ1) is 23.9. The van der Waals surface area contributed by atoms with Crippen LogP contribution in [0.5, 0.6) is 0 Å². The van der Waals surface area contributed by atoms with Gasteiger partial charge >= 0.3 is 6.09 Å². The Morgan fingerprint density at radius 1 is 1.16 bits per heavy atom. The molecule has 0 saturated heterocycles. The van der Waals surface area contributed by atoms with Crippen molar-refractivity contribution in [3.63, 3.8) is 0 Å². The topological polar surface area (TPSA) is 95.1 Å². The number of benzene rings is 2. The first-order valence-corrected chi connectivity index (χ1v) is 10.4. The van der Waals surface area contributed by atoms with Gasteiger partial charge in [-0.05, 0) is 29.2 Å². The molecule has 0 spiro atoms. The lowest BCUT2D eigenvalue weighted by Gasteiger charge is -2.26. The number of hydrazine groups is 1. The zero-order chi connectivity index (χ0) is 22.6. The Labute approximate surface area is 183 Å². The molecule has 2 aromatic rings. The van der Waals surface area contributed by atoms with Gasteiger partial charge in [-0.15, -0.1) is 0 Å². The molecule has 3 rings (SSSR count). The van der Waals surface area contributed by atoms with Crippen LogP contribution in [0.1, 0.15) is 37.8 Å². The molecule has 0 aliphatic heterocycles. The molecular weight excluding hydrogens is 394 g/mol. The maximum atomic E-state index is 12.2. The van der Waals surface area contributed by atoms with Gasteiger partial charge in [-0.25, -0.2) is 10.2 Å². The second kappa shape index (κ2) is 12.3. The third-order valence-corrected chi connectivity index (χ3v) is 4.95. The van der Waals surface area contributed by atoms with Crippen molar-refractivity contribution in [2.45, 2.75) is 32.9 Å². The average molecular weight is 426 g/mol. The summed E-state index contributed by atoms with van der Waals surface area (Å²) >= 11 is 0. The van der Waals surface area contributed by atoms with Crippen molar-refractivity contribution < 1.29 is 14.3 Å². The minimum absolute atomic E-state index is 0.00507. The molecule has 0 heterocycles. The first-order chi connectivity index (χ1) is 15.2. The molecule has 3 N–H and O–H groups in total. The molecule has 1 aliphatic rings. The maximum Gasteiger partial charge on any atom is 0.421 e. The molecule has 0 bridgehead atoms. The van der Waals surface area contributed by atoms with E-state index in [1.807, 2.05) is 38.1 Å². The summed E-state index contributed by atoms with van der Waals surface area (Å²) in [5.74, 6) is -0.00507. The molecule has 0 saturated carbocycles. The number of nitrogens with one attached hydrogen (secondary N) is 3. The summed E-state index contributed by atoms with van der Waals surface area (Å²) in [6.07, 6.45) is -0.322. The number of carbonyl (C=O) groups excluding carboxylic acids is 2. The number of fused-ring (bicyclic) bond motifs is 3. The second-order valence-corrected chi connectivity index (χ2v) is 6.68. The van der Waals surface area contributed by atoms with E-state index >= 15 is 0 Å². The van der Waals surface area contributed by atoms with Crippen molar-refractivity contribution in [1.29, 1.82) is 0 Å². The predicted octanol–water partition coefficient (Wildman–Crippen LogP) is 3.07. The van der Waals surface area contributed by atoms with Crippen molar-refractivity contribution in [2.75, 3.05) is 19.7 Å². The minimum atomic E-state index is -0.601. The number of rotatable bonds is 10. The molecule has 0 fully saturated rings. The molecule has 2 aromatic carbocycles. The van der Waals surface area contributed by atoms with Gasteiger partial charge < -0.3 is 15.1 Å². The van der Waals surface area contributed by atoms with E-state index in [1.165, 1.54) is 16.0 Å². The third-order valence-electron chi connectivity index (χ3n) is 4.95. The van der Waals surface area contributed by atoms with Crippen LogP contribution < -0.4 is 16.3 Å². The lowest BCUT2D eigenvalue weighted by molar-refractivity contribution is -0.120. The number of hydrazone groups is 1. The van der Waals surface area contributed by atoms with Crippen LogP contribution >= 0.6 is 0 Å². The Balaban J connectivity index is 0.00000166. The summed E-state index contributed by atoms with van der Waals surface area (Å²) in [5.41, 5.74) is 12.6. The van der Waals surface area contributed by atoms with E-state index < -0.39 is 12.3 Å². The van der Waals surface area contributed by atoms with Crippen LogP contribution in [0.2, 0.25) is 0 Å². The smallest absolute Gasteiger partial charge is 0.421 e. The van der Waals surface area contributed by atoms with Gasteiger partial charge in [0, 0.05) is 19.2 Å². The van der Waals surface area contributed by atoms with Gasteiger partial charge in [0.1, 0.15) is 6.61 Å². The van der Waals surface area contributed by atoms with E-state index in [4.69, 9.17) is 4.74 Å². The second-order valence-electron chi connectivity index (χ2n) is 6.68. The van der Waals surface area contributed by atoms with Gasteiger partial charge in [0.25, 0.3) is 0 Å². The van der Waals surface area contributed by atoms with E-state index in [1.54, 1.807) is 6.92 Å². The highest BCUT2D eigenvalue weighted by Gasteiger charge is 2.29. The van der Waals surface area contributed by atoms with Crippen LogP contribution in [-0.4, -0.2) is 50.0 Å². The van der Waals surface area contributed by atoms with Gasteiger partial charge in [0.15, 0.2) is 0 Å². The molecule has 2 amide bonds. The minimum Gasteiger partial charge on any atom is -0.448 e. The lowest BCUT2D eigenvalue weighted by atomic mass is 9.98. The quantitative estimate of drug-likeness (QED) is 0.179. The molecule has 1 aliphatic carbocycles. The Morgan fingerprint density at radius 3 is 2.29 bits per heavy atom. The first-order valence-electron chi connectivity index (χ1n) is 10.4. The van der Waals surface area contributed by atoms with Crippen LogP contribution in [0.4, 0.5) is 4.79 Å². The van der Waals surface area contributed by atoms with E-state index in [0.29, 0.717) is 19.5 Å². The SMILES string of the molecule is C=NNCCN(C=O)C(C)NNC(=O)OCC1c2ccccc2-c2ccccc21.CC. The fourth-order valence-corrected chi connectivity index (χ4v) is 3.48. The molecule has 8 nitrogen and oxygen atoms in total. The molecule has 8 heteroatoms. The van der Waals surface area contributed by atoms with Gasteiger partial charge in [-0.3, -0.25) is 10.2 Å². The van der Waals surface area contributed by atoms with Crippen LogP contribution in [0, 0.1) is 0 Å². The van der Waals surface area contributed by atoms with Gasteiger partial charge in [0.05, 0.1) is 12.7 Å². The highest BCUT2D eigenvalue weighted by atomic mass is 16.6. The summed E-state index contributed by atoms with van der Waals surface area (Å²) in [7, 11) is 0. The Morgan fingerprint density at radius 2 is 1.74 bits per heavy atom. The van der Waals surface area contributed by atoms with Crippen LogP contribution in [0.3, 0.4) is 0 Å². The summed E-state index contributed by atoms with van der Waals surface area (Å²) in [6.45, 7) is 10.1. The number of hydrogen-bond donors (Lipinski definition) is 3. The van der Waals surface area contributed by atoms with Crippen molar-refractivity contribution in [1.82, 2.24) is 21.2 Å². The highest BCUT2D eigenvalue weighted by molar-refractivity contribution is 5.79. The van der Waals surface area contributed by atoms with Gasteiger partial charge in [-0.1, -0.05) is 62.4 Å². The van der Waals surface area contributed by atoms with Gasteiger partial charge in [0.2, 0.25) is 6.41 Å². The van der Waals surface area contributed by atoms with E-state index in [9.17, 15) is 9.59 Å². The summed E-state index contributed by atoms with van der Waals surface area (Å²) in [5, 5.41) is 3.52. The molecule has 0 aromatic heterocycles. The number of nitrogens with zero attached hydrogens (tertiary/aromatic N) is 2. The molecule has 1 unspecified atom stereocenters. The fourth-order valence-electron chi connectivity index (χ4n) is 3.48. The summed E-state index contributed by atoms with van der Waals surface area (Å²) in [4.78, 5) is 24.8. The zero-order valence-electron chi connectivity index (χ0n) is 18.3. The van der Waals surface area contributed by atoms with Crippen molar-refractivity contribution in [2.24, 2.45) is 5.10 Å². The fraction of sp³-hybridized carbons (Fsp3) is 0.348. The van der Waals surface area contributed by atoms with Crippen LogP contribution in [0.25, 0.3) is 11.1 Å². The Hall–Kier alpha value is -3.39. The third kappa shape index (κ3) is 6.05. The maximum absolute atomic E-state index is 12.2. The molecule has 1 atom stereocenters. The normalized spacial score (nSPS) is 12.4. The predicted molar refractivity (Wildman–Crippen MR) is 122 cm³/mol. The Bertz CT molecular complexity index is 828. The zero-order valence-corrected chi connectivity index (χ0v) is 18.3. The molecule has 31 heavy (non-hydrogen) atoms. The Kier molecular flexibility index (Phi) is 9.51. The largest absolute Gasteiger partial charge is 0.448 e. The van der Waals surface area contributed by atoms with E-state index in [-0.39, 0.29) is 12.5 Å². The molecular formula is C23H31N5O3. The average Bonchev–Trinajstić information content (AvgIpc) is 3.14.